The molecule has 65 valence electrons. The van der Waals surface area contributed by atoms with E-state index in [1.54, 1.807) is 7.11 Å². The predicted molar refractivity (Wildman–Crippen MR) is 36.3 cm³/mol. The third kappa shape index (κ3) is 3.22. The number of ether oxygens (including phenoxy) is 2. The summed E-state index contributed by atoms with van der Waals surface area (Å²) in [5.41, 5.74) is 0. The normalized spacial score (nSPS) is 27.7. The molecule has 1 saturated heterocycles. The van der Waals surface area contributed by atoms with Gasteiger partial charge in [0.15, 0.2) is 6.29 Å². The Bertz CT molecular complexity index is 139. The Labute approximate surface area is 65.5 Å². The highest BCUT2D eigenvalue weighted by molar-refractivity contribution is 7.33. The van der Waals surface area contributed by atoms with Crippen molar-refractivity contribution in [2.24, 2.45) is 0 Å². The monoisotopic (exact) mass is 181 g/mol. The average Bonchev–Trinajstić information content (AvgIpc) is 2.37. The number of rotatable bonds is 4. The summed E-state index contributed by atoms with van der Waals surface area (Å²) in [5.74, 6) is 0. The number of methoxy groups -OCH3 is 1. The molecule has 5 nitrogen and oxygen atoms in total. The molecular weight excluding hydrogens is 171 g/mol. The largest absolute Gasteiger partial charge is 0.382 e. The van der Waals surface area contributed by atoms with Crippen LogP contribution in [0, 0.1) is 0 Å². The summed E-state index contributed by atoms with van der Waals surface area (Å²) in [6.45, 7) is 1.16. The first-order chi connectivity index (χ1) is 5.33. The molecule has 0 bridgehead atoms. The smallest absolute Gasteiger partial charge is 0.371 e. The molecule has 1 aliphatic heterocycles. The van der Waals surface area contributed by atoms with E-state index in [1.165, 1.54) is 0 Å². The molecule has 1 rings (SSSR count). The molecule has 0 aromatic heterocycles. The lowest BCUT2D eigenvalue weighted by Crippen LogP contribution is -2.16. The first-order valence-electron chi connectivity index (χ1n) is 3.20. The number of hydrogen-bond acceptors (Lipinski definition) is 5. The molecule has 0 N–H and O–H groups in total. The molecule has 0 spiro atoms. The summed E-state index contributed by atoms with van der Waals surface area (Å²) >= 11 is 0. The fraction of sp³-hybridized carbons (Fsp3) is 1.00. The van der Waals surface area contributed by atoms with Crippen LogP contribution in [0.25, 0.3) is 0 Å². The van der Waals surface area contributed by atoms with E-state index in [2.05, 4.69) is 4.52 Å². The van der Waals surface area contributed by atoms with Gasteiger partial charge in [-0.25, -0.2) is 9.09 Å². The van der Waals surface area contributed by atoms with Crippen LogP contribution in [0.1, 0.15) is 0 Å². The molecular formula is C5H10O5P. The zero-order chi connectivity index (χ0) is 8.10. The summed E-state index contributed by atoms with van der Waals surface area (Å²) in [4.78, 5) is 0. The van der Waals surface area contributed by atoms with E-state index in [9.17, 15) is 4.57 Å². The van der Waals surface area contributed by atoms with Gasteiger partial charge >= 0.3 is 8.25 Å². The second-order valence-electron chi connectivity index (χ2n) is 1.92. The topological polar surface area (TPSA) is 54.0 Å². The molecule has 2 atom stereocenters. The molecule has 1 fully saturated rings. The molecule has 0 amide bonds. The highest BCUT2D eigenvalue weighted by Crippen LogP contribution is 2.33. The molecule has 0 aromatic carbocycles. The van der Waals surface area contributed by atoms with E-state index in [1.807, 2.05) is 0 Å². The minimum absolute atomic E-state index is 0.235. The Hall–Kier alpha value is -0.0600. The van der Waals surface area contributed by atoms with Gasteiger partial charge in [0.25, 0.3) is 0 Å². The van der Waals surface area contributed by atoms with Gasteiger partial charge in [0.05, 0.1) is 13.2 Å². The third-order valence-electron chi connectivity index (χ3n) is 1.11. The third-order valence-corrected chi connectivity index (χ3v) is 1.88. The molecule has 2 unspecified atom stereocenters. The lowest BCUT2D eigenvalue weighted by atomic mass is 10.7. The molecule has 1 aliphatic rings. The van der Waals surface area contributed by atoms with Crippen molar-refractivity contribution < 1.29 is 23.1 Å². The van der Waals surface area contributed by atoms with Gasteiger partial charge in [-0.15, -0.1) is 0 Å². The van der Waals surface area contributed by atoms with Crippen LogP contribution >= 0.6 is 8.25 Å². The first kappa shape index (κ1) is 9.03. The molecule has 11 heavy (non-hydrogen) atoms. The molecule has 0 aromatic rings. The van der Waals surface area contributed by atoms with Crippen molar-refractivity contribution in [3.05, 3.63) is 0 Å². The summed E-state index contributed by atoms with van der Waals surface area (Å²) < 4.78 is 29.6. The van der Waals surface area contributed by atoms with E-state index < -0.39 is 14.5 Å². The Morgan fingerprint density at radius 1 is 1.64 bits per heavy atom. The highest BCUT2D eigenvalue weighted by Gasteiger charge is 2.23. The maximum atomic E-state index is 10.5. The van der Waals surface area contributed by atoms with Crippen molar-refractivity contribution in [3.63, 3.8) is 0 Å². The van der Waals surface area contributed by atoms with Crippen molar-refractivity contribution in [1.82, 2.24) is 0 Å². The second-order valence-corrected chi connectivity index (χ2v) is 2.83. The highest BCUT2D eigenvalue weighted by atomic mass is 31.1. The van der Waals surface area contributed by atoms with Crippen LogP contribution in [-0.4, -0.2) is 33.2 Å². The van der Waals surface area contributed by atoms with Crippen molar-refractivity contribution in [1.29, 1.82) is 0 Å². The lowest BCUT2D eigenvalue weighted by molar-refractivity contribution is -0.0791. The summed E-state index contributed by atoms with van der Waals surface area (Å²) in [6, 6.07) is 0. The summed E-state index contributed by atoms with van der Waals surface area (Å²) in [7, 11) is -0.362. The Morgan fingerprint density at radius 2 is 2.45 bits per heavy atom. The molecule has 0 saturated carbocycles. The molecule has 6 heteroatoms. The van der Waals surface area contributed by atoms with Gasteiger partial charge in [0, 0.05) is 7.11 Å². The van der Waals surface area contributed by atoms with Gasteiger partial charge in [-0.3, -0.25) is 4.52 Å². The van der Waals surface area contributed by atoms with Gasteiger partial charge in [0.1, 0.15) is 6.61 Å². The van der Waals surface area contributed by atoms with Crippen LogP contribution in [-0.2, 0) is 23.1 Å². The Balaban J connectivity index is 2.04. The summed E-state index contributed by atoms with van der Waals surface area (Å²) in [5, 5.41) is 0. The second kappa shape index (κ2) is 4.74. The van der Waals surface area contributed by atoms with Crippen LogP contribution in [0.2, 0.25) is 0 Å². The standard InChI is InChI=1S/C5H10O5P/c1-7-2-3-8-5-4-9-11(6)10-5/h5H,2-4H2,1H3. The fourth-order valence-electron chi connectivity index (χ4n) is 0.620. The minimum atomic E-state index is -1.94. The van der Waals surface area contributed by atoms with Crippen LogP contribution in [0.3, 0.4) is 0 Å². The van der Waals surface area contributed by atoms with E-state index in [0.717, 1.165) is 0 Å². The maximum Gasteiger partial charge on any atom is 0.371 e. The van der Waals surface area contributed by atoms with Gasteiger partial charge in [0.2, 0.25) is 0 Å². The summed E-state index contributed by atoms with van der Waals surface area (Å²) in [6.07, 6.45) is -0.492. The van der Waals surface area contributed by atoms with Crippen molar-refractivity contribution in [3.8, 4) is 0 Å². The van der Waals surface area contributed by atoms with E-state index in [-0.39, 0.29) is 6.61 Å². The minimum Gasteiger partial charge on any atom is -0.382 e. The van der Waals surface area contributed by atoms with Crippen molar-refractivity contribution in [2.45, 2.75) is 6.29 Å². The van der Waals surface area contributed by atoms with Gasteiger partial charge in [-0.05, 0) is 0 Å². The van der Waals surface area contributed by atoms with E-state index in [0.29, 0.717) is 13.2 Å². The molecule has 0 aliphatic carbocycles. The zero-order valence-electron chi connectivity index (χ0n) is 6.19. The van der Waals surface area contributed by atoms with Gasteiger partial charge in [-0.2, -0.15) is 0 Å². The fourth-order valence-corrected chi connectivity index (χ4v) is 1.24. The van der Waals surface area contributed by atoms with Gasteiger partial charge in [-0.1, -0.05) is 0 Å². The predicted octanol–water partition coefficient (Wildman–Crippen LogP) is 0.680. The molecule has 1 radical (unpaired) electrons. The van der Waals surface area contributed by atoms with Crippen molar-refractivity contribution in [2.75, 3.05) is 26.9 Å². The van der Waals surface area contributed by atoms with Crippen molar-refractivity contribution >= 4 is 8.25 Å². The Kier molecular flexibility index (Phi) is 3.90. The average molecular weight is 181 g/mol. The van der Waals surface area contributed by atoms with E-state index >= 15 is 0 Å². The van der Waals surface area contributed by atoms with E-state index in [4.69, 9.17) is 14.0 Å². The maximum absolute atomic E-state index is 10.5. The quantitative estimate of drug-likeness (QED) is 0.471. The van der Waals surface area contributed by atoms with Crippen LogP contribution < -0.4 is 0 Å². The first-order valence-corrected chi connectivity index (χ1v) is 4.30. The van der Waals surface area contributed by atoms with Gasteiger partial charge < -0.3 is 9.47 Å². The Morgan fingerprint density at radius 3 is 3.00 bits per heavy atom. The van der Waals surface area contributed by atoms with Crippen LogP contribution in [0.4, 0.5) is 0 Å². The zero-order valence-corrected chi connectivity index (χ0v) is 7.08. The SMILES string of the molecule is COCCOC1CO[P](=O)O1. The van der Waals surface area contributed by atoms with Crippen LogP contribution in [0.15, 0.2) is 0 Å². The molecule has 1 heterocycles. The number of hydrogen-bond donors (Lipinski definition) is 0. The van der Waals surface area contributed by atoms with Crippen LogP contribution in [0.5, 0.6) is 0 Å². The lowest BCUT2D eigenvalue weighted by Gasteiger charge is -2.06.